The van der Waals surface area contributed by atoms with Crippen molar-refractivity contribution in [1.82, 2.24) is 0 Å². The number of alkyl halides is 3. The highest BCUT2D eigenvalue weighted by Crippen LogP contribution is 2.53. The van der Waals surface area contributed by atoms with Crippen LogP contribution in [-0.2, 0) is 14.9 Å². The molecule has 0 N–H and O–H groups in total. The van der Waals surface area contributed by atoms with Crippen LogP contribution in [0.3, 0.4) is 0 Å². The Morgan fingerprint density at radius 1 is 1.29 bits per heavy atom. The molecule has 1 heterocycles. The van der Waals surface area contributed by atoms with E-state index in [9.17, 15) is 22.8 Å². The number of carbonyl (C=O) groups is 2. The van der Waals surface area contributed by atoms with Crippen molar-refractivity contribution < 1.29 is 27.5 Å². The molecule has 0 fully saturated rings. The summed E-state index contributed by atoms with van der Waals surface area (Å²) in [6, 6.07) is 5.22. The molecule has 0 spiro atoms. The average molecular weight is 339 g/mol. The smallest absolute Gasteiger partial charge is 0.421 e. The largest absolute Gasteiger partial charge is 0.443 e. The van der Waals surface area contributed by atoms with E-state index >= 15 is 0 Å². The molecule has 7 heteroatoms. The summed E-state index contributed by atoms with van der Waals surface area (Å²) in [5, 5.41) is 0. The molecule has 1 aliphatic heterocycles. The standard InChI is InChI=1S/C17H16F3NO3/c1-5-10-16(17(18,19)20)11-8-6-7-9-12(11)21(13(16)22)14(23)24-15(2,3)4/h1,6-9H,10H2,2-4H3. The highest BCUT2D eigenvalue weighted by Gasteiger charge is 2.68. The summed E-state index contributed by atoms with van der Waals surface area (Å²) in [5.41, 5.74) is -4.42. The highest BCUT2D eigenvalue weighted by molar-refractivity contribution is 6.21. The minimum Gasteiger partial charge on any atom is -0.443 e. The van der Waals surface area contributed by atoms with Gasteiger partial charge < -0.3 is 4.74 Å². The van der Waals surface area contributed by atoms with E-state index in [2.05, 4.69) is 0 Å². The van der Waals surface area contributed by atoms with Crippen LogP contribution in [0.25, 0.3) is 0 Å². The van der Waals surface area contributed by atoms with Crippen LogP contribution in [0.5, 0.6) is 0 Å². The number of para-hydroxylation sites is 1. The highest BCUT2D eigenvalue weighted by atomic mass is 19.4. The molecule has 1 aromatic carbocycles. The van der Waals surface area contributed by atoms with Gasteiger partial charge in [0.25, 0.3) is 5.91 Å². The van der Waals surface area contributed by atoms with Gasteiger partial charge in [-0.05, 0) is 26.8 Å². The van der Waals surface area contributed by atoms with Gasteiger partial charge in [0.05, 0.1) is 5.69 Å². The van der Waals surface area contributed by atoms with Crippen LogP contribution >= 0.6 is 0 Å². The lowest BCUT2D eigenvalue weighted by molar-refractivity contribution is -0.190. The molecule has 0 saturated carbocycles. The predicted molar refractivity (Wildman–Crippen MR) is 81.3 cm³/mol. The van der Waals surface area contributed by atoms with Gasteiger partial charge in [-0.2, -0.15) is 13.2 Å². The molecular formula is C17H16F3NO3. The zero-order valence-electron chi connectivity index (χ0n) is 13.4. The maximum atomic E-state index is 13.8. The SMILES string of the molecule is C#CCC1(C(F)(F)F)C(=O)N(C(=O)OC(C)(C)C)c2ccccc21. The Morgan fingerprint density at radius 3 is 2.38 bits per heavy atom. The number of hydrogen-bond donors (Lipinski definition) is 0. The molecule has 0 saturated heterocycles. The van der Waals surface area contributed by atoms with Crippen molar-refractivity contribution >= 4 is 17.7 Å². The second kappa shape index (κ2) is 5.55. The first-order valence-electron chi connectivity index (χ1n) is 7.13. The lowest BCUT2D eigenvalue weighted by Crippen LogP contribution is -2.52. The van der Waals surface area contributed by atoms with Crippen molar-refractivity contribution in [3.63, 3.8) is 0 Å². The Kier molecular flexibility index (Phi) is 4.13. The Hall–Kier alpha value is -2.49. The van der Waals surface area contributed by atoms with E-state index in [1.165, 1.54) is 18.2 Å². The number of anilines is 1. The van der Waals surface area contributed by atoms with Crippen LogP contribution in [0.4, 0.5) is 23.7 Å². The molecule has 0 aromatic heterocycles. The summed E-state index contributed by atoms with van der Waals surface area (Å²) in [4.78, 5) is 25.4. The van der Waals surface area contributed by atoms with Gasteiger partial charge >= 0.3 is 12.3 Å². The molecule has 0 bridgehead atoms. The average Bonchev–Trinajstić information content (AvgIpc) is 2.67. The summed E-state index contributed by atoms with van der Waals surface area (Å²) >= 11 is 0. The fourth-order valence-corrected chi connectivity index (χ4v) is 2.63. The monoisotopic (exact) mass is 339 g/mol. The maximum absolute atomic E-state index is 13.8. The molecule has 1 aromatic rings. The van der Waals surface area contributed by atoms with Gasteiger partial charge in [0.1, 0.15) is 5.60 Å². The molecule has 0 radical (unpaired) electrons. The van der Waals surface area contributed by atoms with Crippen molar-refractivity contribution in [2.75, 3.05) is 4.90 Å². The van der Waals surface area contributed by atoms with E-state index < -0.39 is 35.6 Å². The Labute approximate surface area is 137 Å². The Bertz CT molecular complexity index is 728. The van der Waals surface area contributed by atoms with Crippen LogP contribution in [0.15, 0.2) is 24.3 Å². The number of imide groups is 1. The van der Waals surface area contributed by atoms with Crippen molar-refractivity contribution in [2.24, 2.45) is 0 Å². The summed E-state index contributed by atoms with van der Waals surface area (Å²) < 4.78 is 46.5. The van der Waals surface area contributed by atoms with Gasteiger partial charge in [-0.3, -0.25) is 4.79 Å². The third-order valence-corrected chi connectivity index (χ3v) is 3.60. The Balaban J connectivity index is 2.66. The normalized spacial score (nSPS) is 20.5. The second-order valence-electron chi connectivity index (χ2n) is 6.42. The molecule has 2 amide bonds. The van der Waals surface area contributed by atoms with Crippen molar-refractivity contribution in [2.45, 2.75) is 44.4 Å². The number of halogens is 3. The van der Waals surface area contributed by atoms with Crippen molar-refractivity contribution in [3.8, 4) is 12.3 Å². The summed E-state index contributed by atoms with van der Waals surface area (Å²) in [6.07, 6.45) is -1.92. The quantitative estimate of drug-likeness (QED) is 0.731. The van der Waals surface area contributed by atoms with Gasteiger partial charge in [-0.25, -0.2) is 9.69 Å². The van der Waals surface area contributed by atoms with Crippen LogP contribution in [0.2, 0.25) is 0 Å². The summed E-state index contributed by atoms with van der Waals surface area (Å²) in [6.45, 7) is 4.65. The van der Waals surface area contributed by atoms with Crippen LogP contribution in [0, 0.1) is 12.3 Å². The molecule has 2 rings (SSSR count). The third-order valence-electron chi connectivity index (χ3n) is 3.60. The fourth-order valence-electron chi connectivity index (χ4n) is 2.63. The van der Waals surface area contributed by atoms with Gasteiger partial charge in [0.15, 0.2) is 5.41 Å². The lowest BCUT2D eigenvalue weighted by atomic mass is 9.78. The number of hydrogen-bond acceptors (Lipinski definition) is 3. The number of rotatable bonds is 1. The molecule has 0 aliphatic carbocycles. The number of nitrogens with zero attached hydrogens (tertiary/aromatic N) is 1. The first-order chi connectivity index (χ1) is 11.0. The van der Waals surface area contributed by atoms with E-state index in [1.807, 2.05) is 5.92 Å². The first kappa shape index (κ1) is 17.9. The molecule has 1 atom stereocenters. The molecule has 1 unspecified atom stereocenters. The Morgan fingerprint density at radius 2 is 1.88 bits per heavy atom. The van der Waals surface area contributed by atoms with Crippen molar-refractivity contribution in [3.05, 3.63) is 29.8 Å². The second-order valence-corrected chi connectivity index (χ2v) is 6.42. The van der Waals surface area contributed by atoms with E-state index in [0.717, 1.165) is 6.07 Å². The number of benzene rings is 1. The lowest BCUT2D eigenvalue weighted by Gasteiger charge is -2.29. The predicted octanol–water partition coefficient (Wildman–Crippen LogP) is 3.79. The maximum Gasteiger partial charge on any atom is 0.421 e. The van der Waals surface area contributed by atoms with Gasteiger partial charge in [-0.1, -0.05) is 18.2 Å². The molecule has 24 heavy (non-hydrogen) atoms. The number of amides is 2. The first-order valence-corrected chi connectivity index (χ1v) is 7.13. The van der Waals surface area contributed by atoms with Crippen LogP contribution in [-0.4, -0.2) is 23.8 Å². The summed E-state index contributed by atoms with van der Waals surface area (Å²) in [5.74, 6) is 0.475. The number of fused-ring (bicyclic) bond motifs is 1. The zero-order chi connectivity index (χ0) is 18.3. The van der Waals surface area contributed by atoms with Gasteiger partial charge in [0, 0.05) is 12.0 Å². The minimum atomic E-state index is -4.96. The molecular weight excluding hydrogens is 323 g/mol. The zero-order valence-corrected chi connectivity index (χ0v) is 13.4. The molecule has 1 aliphatic rings. The van der Waals surface area contributed by atoms with E-state index in [1.54, 1.807) is 20.8 Å². The van der Waals surface area contributed by atoms with Gasteiger partial charge in [-0.15, -0.1) is 12.3 Å². The number of ether oxygens (including phenoxy) is 1. The molecule has 4 nitrogen and oxygen atoms in total. The topological polar surface area (TPSA) is 46.6 Å². The van der Waals surface area contributed by atoms with E-state index in [-0.39, 0.29) is 11.3 Å². The van der Waals surface area contributed by atoms with Crippen molar-refractivity contribution in [1.29, 1.82) is 0 Å². The fraction of sp³-hybridized carbons (Fsp3) is 0.412. The minimum absolute atomic E-state index is 0.163. The van der Waals surface area contributed by atoms with Gasteiger partial charge in [0.2, 0.25) is 0 Å². The van der Waals surface area contributed by atoms with E-state index in [0.29, 0.717) is 4.90 Å². The molecule has 128 valence electrons. The number of carbonyl (C=O) groups excluding carboxylic acids is 2. The summed E-state index contributed by atoms with van der Waals surface area (Å²) in [7, 11) is 0. The third kappa shape index (κ3) is 2.62. The van der Waals surface area contributed by atoms with Crippen LogP contribution < -0.4 is 4.90 Å². The number of terminal acetylenes is 1. The van der Waals surface area contributed by atoms with E-state index in [4.69, 9.17) is 11.2 Å². The van der Waals surface area contributed by atoms with Crippen LogP contribution in [0.1, 0.15) is 32.8 Å².